The first-order valence-electron chi connectivity index (χ1n) is 5.60. The van der Waals surface area contributed by atoms with Crippen LogP contribution < -0.4 is 11.1 Å². The molecule has 0 saturated carbocycles. The van der Waals surface area contributed by atoms with Crippen molar-refractivity contribution in [2.24, 2.45) is 5.73 Å². The maximum absolute atomic E-state index is 11.5. The van der Waals surface area contributed by atoms with Crippen molar-refractivity contribution in [3.05, 3.63) is 35.2 Å². The second kappa shape index (κ2) is 4.97. The van der Waals surface area contributed by atoms with Crippen LogP contribution in [0.2, 0.25) is 0 Å². The molecule has 5 heteroatoms. The Balaban J connectivity index is 2.14. The van der Waals surface area contributed by atoms with Crippen LogP contribution in [0.4, 0.5) is 5.82 Å². The van der Waals surface area contributed by atoms with E-state index in [9.17, 15) is 4.79 Å². The molecule has 0 fully saturated rings. The number of nitrogens with two attached hydrogens (primary N) is 1. The van der Waals surface area contributed by atoms with Gasteiger partial charge in [0, 0.05) is 5.70 Å². The Morgan fingerprint density at radius 1 is 1.53 bits per heavy atom. The van der Waals surface area contributed by atoms with E-state index in [0.29, 0.717) is 11.4 Å². The fourth-order valence-corrected chi connectivity index (χ4v) is 1.71. The van der Waals surface area contributed by atoms with E-state index >= 15 is 0 Å². The molecule has 4 N–H and O–H groups in total. The molecule has 0 amide bonds. The molecule has 0 unspecified atom stereocenters. The zero-order valence-electron chi connectivity index (χ0n) is 9.79. The smallest absolute Gasteiger partial charge is 0.181 e. The fourth-order valence-electron chi connectivity index (χ4n) is 1.71. The third kappa shape index (κ3) is 2.62. The highest BCUT2D eigenvalue weighted by molar-refractivity contribution is 6.01. The van der Waals surface area contributed by atoms with Crippen LogP contribution in [-0.2, 0) is 0 Å². The molecular formula is C12H16N4O. The van der Waals surface area contributed by atoms with Gasteiger partial charge in [-0.25, -0.2) is 0 Å². The molecule has 0 aliphatic heterocycles. The number of Topliss-reactive ketones (excluding diaryl/α,β-unsaturated/α-hetero) is 1. The van der Waals surface area contributed by atoms with Crippen molar-refractivity contribution in [2.45, 2.75) is 19.8 Å². The van der Waals surface area contributed by atoms with Crippen LogP contribution in [0.3, 0.4) is 0 Å². The van der Waals surface area contributed by atoms with Crippen molar-refractivity contribution < 1.29 is 4.79 Å². The minimum absolute atomic E-state index is 0.00767. The van der Waals surface area contributed by atoms with Crippen LogP contribution in [0.25, 0.3) is 0 Å². The van der Waals surface area contributed by atoms with Gasteiger partial charge >= 0.3 is 0 Å². The quantitative estimate of drug-likeness (QED) is 0.688. The zero-order chi connectivity index (χ0) is 12.3. The average Bonchev–Trinajstić information content (AvgIpc) is 2.79. The number of rotatable bonds is 4. The molecule has 1 aromatic heterocycles. The van der Waals surface area contributed by atoms with Crippen LogP contribution in [0.5, 0.6) is 0 Å². The van der Waals surface area contributed by atoms with Gasteiger partial charge in [-0.2, -0.15) is 5.10 Å². The third-order valence-corrected chi connectivity index (χ3v) is 2.77. The lowest BCUT2D eigenvalue weighted by Crippen LogP contribution is -2.15. The number of aromatic amines is 1. The molecule has 90 valence electrons. The monoisotopic (exact) mass is 232 g/mol. The minimum Gasteiger partial charge on any atom is -0.344 e. The summed E-state index contributed by atoms with van der Waals surface area (Å²) in [6.07, 6.45) is 7.58. The minimum atomic E-state index is -0.121. The number of nitrogens with zero attached hydrogens (tertiary/aromatic N) is 1. The van der Waals surface area contributed by atoms with E-state index in [2.05, 4.69) is 28.5 Å². The first-order valence-corrected chi connectivity index (χ1v) is 5.60. The molecule has 0 saturated heterocycles. The number of hydrogen-bond acceptors (Lipinski definition) is 4. The first-order chi connectivity index (χ1) is 8.20. The van der Waals surface area contributed by atoms with Gasteiger partial charge in [0.15, 0.2) is 5.78 Å². The van der Waals surface area contributed by atoms with Gasteiger partial charge in [0.05, 0.1) is 18.3 Å². The first kappa shape index (κ1) is 11.6. The number of anilines is 1. The van der Waals surface area contributed by atoms with Gasteiger partial charge in [-0.1, -0.05) is 11.6 Å². The number of allylic oxidation sites excluding steroid dienone is 4. The molecule has 0 spiro atoms. The number of carbonyl (C=O) groups is 1. The summed E-state index contributed by atoms with van der Waals surface area (Å²) in [5, 5.41) is 9.83. The lowest BCUT2D eigenvalue weighted by atomic mass is 10.0. The van der Waals surface area contributed by atoms with E-state index in [1.807, 2.05) is 6.08 Å². The molecule has 0 aromatic carbocycles. The molecule has 2 rings (SSSR count). The van der Waals surface area contributed by atoms with E-state index in [0.717, 1.165) is 18.5 Å². The summed E-state index contributed by atoms with van der Waals surface area (Å²) in [6.45, 7) is 2.10. The number of carbonyl (C=O) groups excluding carboxylic acids is 1. The van der Waals surface area contributed by atoms with Crippen molar-refractivity contribution in [3.8, 4) is 0 Å². The zero-order valence-corrected chi connectivity index (χ0v) is 9.79. The van der Waals surface area contributed by atoms with Gasteiger partial charge in [0.2, 0.25) is 0 Å². The van der Waals surface area contributed by atoms with Crippen molar-refractivity contribution in [3.63, 3.8) is 0 Å². The number of H-pyrrole nitrogens is 1. The molecule has 0 atom stereocenters. The van der Waals surface area contributed by atoms with Crippen molar-refractivity contribution in [1.82, 2.24) is 10.2 Å². The lowest BCUT2D eigenvalue weighted by Gasteiger charge is -2.13. The highest BCUT2D eigenvalue weighted by Gasteiger charge is 2.13. The Morgan fingerprint density at radius 2 is 2.35 bits per heavy atom. The van der Waals surface area contributed by atoms with E-state index in [-0.39, 0.29) is 12.3 Å². The Kier molecular flexibility index (Phi) is 3.39. The largest absolute Gasteiger partial charge is 0.344 e. The number of hydrogen-bond donors (Lipinski definition) is 3. The summed E-state index contributed by atoms with van der Waals surface area (Å²) in [6, 6.07) is 0. The predicted octanol–water partition coefficient (Wildman–Crippen LogP) is 1.59. The maximum atomic E-state index is 11.5. The SMILES string of the molecule is CC1=CC=C(Nc2[nH]ncc2C(=O)CN)CC1. The molecular weight excluding hydrogens is 216 g/mol. The highest BCUT2D eigenvalue weighted by Crippen LogP contribution is 2.21. The van der Waals surface area contributed by atoms with E-state index in [4.69, 9.17) is 5.73 Å². The summed E-state index contributed by atoms with van der Waals surface area (Å²) >= 11 is 0. The van der Waals surface area contributed by atoms with E-state index in [1.165, 1.54) is 11.8 Å². The summed E-state index contributed by atoms with van der Waals surface area (Å²) in [7, 11) is 0. The van der Waals surface area contributed by atoms with E-state index < -0.39 is 0 Å². The Morgan fingerprint density at radius 3 is 3.00 bits per heavy atom. The number of aromatic nitrogens is 2. The molecule has 0 bridgehead atoms. The second-order valence-electron chi connectivity index (χ2n) is 4.12. The van der Waals surface area contributed by atoms with Crippen LogP contribution in [0.15, 0.2) is 29.6 Å². The standard InChI is InChI=1S/C12H16N4O/c1-8-2-4-9(5-3-8)15-12-10(7-14-16-12)11(17)6-13/h2,4,7H,3,5-6,13H2,1H3,(H2,14,15,16). The summed E-state index contributed by atoms with van der Waals surface area (Å²) in [5.74, 6) is 0.504. The number of ketones is 1. The fraction of sp³-hybridized carbons (Fsp3) is 0.333. The maximum Gasteiger partial charge on any atom is 0.181 e. The molecule has 0 radical (unpaired) electrons. The van der Waals surface area contributed by atoms with Gasteiger partial charge in [-0.05, 0) is 25.8 Å². The number of nitrogens with one attached hydrogen (secondary N) is 2. The molecule has 1 aliphatic carbocycles. The van der Waals surface area contributed by atoms with Gasteiger partial charge in [-0.3, -0.25) is 9.89 Å². The van der Waals surface area contributed by atoms with Crippen molar-refractivity contribution >= 4 is 11.6 Å². The van der Waals surface area contributed by atoms with Crippen molar-refractivity contribution in [1.29, 1.82) is 0 Å². The van der Waals surface area contributed by atoms with Crippen LogP contribution in [-0.4, -0.2) is 22.5 Å². The van der Waals surface area contributed by atoms with Crippen LogP contribution >= 0.6 is 0 Å². The van der Waals surface area contributed by atoms with Gasteiger partial charge in [0.25, 0.3) is 0 Å². The summed E-state index contributed by atoms with van der Waals surface area (Å²) in [5.41, 5.74) is 8.29. The lowest BCUT2D eigenvalue weighted by molar-refractivity contribution is 0.100. The average molecular weight is 232 g/mol. The van der Waals surface area contributed by atoms with Gasteiger partial charge in [-0.15, -0.1) is 0 Å². The Labute approximate surface area is 99.8 Å². The predicted molar refractivity (Wildman–Crippen MR) is 66.7 cm³/mol. The molecule has 1 aliphatic rings. The van der Waals surface area contributed by atoms with Crippen LogP contribution in [0, 0.1) is 0 Å². The summed E-state index contributed by atoms with van der Waals surface area (Å²) in [4.78, 5) is 11.5. The third-order valence-electron chi connectivity index (χ3n) is 2.77. The topological polar surface area (TPSA) is 83.8 Å². The molecule has 17 heavy (non-hydrogen) atoms. The van der Waals surface area contributed by atoms with E-state index in [1.54, 1.807) is 0 Å². The molecule has 1 heterocycles. The van der Waals surface area contributed by atoms with Gasteiger partial charge < -0.3 is 11.1 Å². The van der Waals surface area contributed by atoms with Crippen LogP contribution in [0.1, 0.15) is 30.1 Å². The van der Waals surface area contributed by atoms with Crippen molar-refractivity contribution in [2.75, 3.05) is 11.9 Å². The Hall–Kier alpha value is -1.88. The van der Waals surface area contributed by atoms with Gasteiger partial charge in [0.1, 0.15) is 5.82 Å². The molecule has 1 aromatic rings. The normalized spacial score (nSPS) is 15.2. The highest BCUT2D eigenvalue weighted by atomic mass is 16.1. The molecule has 5 nitrogen and oxygen atoms in total. The second-order valence-corrected chi connectivity index (χ2v) is 4.12. The Bertz CT molecular complexity index is 484. The summed E-state index contributed by atoms with van der Waals surface area (Å²) < 4.78 is 0.